The molecule has 1 amide bonds. The van der Waals surface area contributed by atoms with Crippen molar-refractivity contribution in [2.24, 2.45) is 5.92 Å². The number of piperidine rings is 1. The molecule has 0 saturated carbocycles. The molecule has 170 valence electrons. The van der Waals surface area contributed by atoms with Crippen molar-refractivity contribution in [2.45, 2.75) is 30.2 Å². The molecular weight excluding hydrogens is 424 g/mol. The molecule has 0 radical (unpaired) electrons. The van der Waals surface area contributed by atoms with E-state index in [4.69, 9.17) is 5.21 Å². The predicted octanol–water partition coefficient (Wildman–Crippen LogP) is 3.22. The maximum absolute atomic E-state index is 12.9. The topological polar surface area (TPSA) is 90.9 Å². The number of hydrogen-bond acceptors (Lipinski definition) is 6. The maximum Gasteiger partial charge on any atom is 0.250 e. The number of nitrogens with one attached hydrogen (secondary N) is 2. The van der Waals surface area contributed by atoms with Crippen LogP contribution in [0.1, 0.15) is 19.3 Å². The second-order valence-corrected chi connectivity index (χ2v) is 9.86. The smallest absolute Gasteiger partial charge is 0.250 e. The van der Waals surface area contributed by atoms with Crippen LogP contribution in [0.2, 0.25) is 0 Å². The third kappa shape index (κ3) is 5.45. The van der Waals surface area contributed by atoms with Crippen LogP contribution in [-0.2, 0) is 16.2 Å². The zero-order valence-electron chi connectivity index (χ0n) is 18.2. The van der Waals surface area contributed by atoms with Gasteiger partial charge in [-0.05, 0) is 86.9 Å². The Kier molecular flexibility index (Phi) is 7.36. The molecular formula is C24H30N4O3S. The van der Waals surface area contributed by atoms with Gasteiger partial charge in [-0.1, -0.05) is 18.2 Å². The third-order valence-corrected chi connectivity index (χ3v) is 7.57. The van der Waals surface area contributed by atoms with E-state index in [1.165, 1.54) is 12.8 Å². The number of benzene rings is 2. The molecule has 0 aromatic heterocycles. The van der Waals surface area contributed by atoms with E-state index < -0.39 is 23.2 Å². The molecule has 0 aliphatic carbocycles. The Morgan fingerprint density at radius 3 is 2.19 bits per heavy atom. The fourth-order valence-corrected chi connectivity index (χ4v) is 5.22. The van der Waals surface area contributed by atoms with Crippen molar-refractivity contribution >= 4 is 23.0 Å². The van der Waals surface area contributed by atoms with Crippen molar-refractivity contribution in [2.75, 3.05) is 32.0 Å². The lowest BCUT2D eigenvalue weighted by molar-refractivity contribution is -0.132. The van der Waals surface area contributed by atoms with E-state index in [2.05, 4.69) is 41.5 Å². The summed E-state index contributed by atoms with van der Waals surface area (Å²) in [4.78, 5) is 14.6. The lowest BCUT2D eigenvalue weighted by atomic mass is 10.0. The molecule has 2 aliphatic rings. The van der Waals surface area contributed by atoms with Crippen LogP contribution in [-0.4, -0.2) is 57.6 Å². The van der Waals surface area contributed by atoms with E-state index in [0.717, 1.165) is 29.9 Å². The quantitative estimate of drug-likeness (QED) is 0.353. The Morgan fingerprint density at radius 1 is 1.00 bits per heavy atom. The number of nitrogens with zero attached hydrogens (tertiary/aromatic N) is 2. The van der Waals surface area contributed by atoms with Gasteiger partial charge in [0, 0.05) is 17.9 Å². The first-order valence-corrected chi connectivity index (χ1v) is 12.1. The van der Waals surface area contributed by atoms with E-state index in [1.54, 1.807) is 22.1 Å². The molecule has 1 fully saturated rings. The summed E-state index contributed by atoms with van der Waals surface area (Å²) in [6.45, 7) is 2.75. The predicted molar refractivity (Wildman–Crippen MR) is 126 cm³/mol. The van der Waals surface area contributed by atoms with E-state index in [1.807, 2.05) is 24.3 Å². The Labute approximate surface area is 192 Å². The largest absolute Gasteiger partial charge is 0.588 e. The minimum absolute atomic E-state index is 0.396. The maximum atomic E-state index is 12.9. The number of anilines is 1. The molecule has 32 heavy (non-hydrogen) atoms. The number of rotatable bonds is 6. The van der Waals surface area contributed by atoms with Crippen LogP contribution in [0.3, 0.4) is 0 Å². The number of amides is 1. The van der Waals surface area contributed by atoms with E-state index in [9.17, 15) is 9.35 Å². The van der Waals surface area contributed by atoms with Gasteiger partial charge in [0.1, 0.15) is 11.4 Å². The highest BCUT2D eigenvalue weighted by Crippen LogP contribution is 2.27. The average molecular weight is 455 g/mol. The van der Waals surface area contributed by atoms with Crippen molar-refractivity contribution < 1.29 is 14.6 Å². The minimum Gasteiger partial charge on any atom is -0.588 e. The second-order valence-electron chi connectivity index (χ2n) is 8.43. The van der Waals surface area contributed by atoms with Crippen LogP contribution >= 0.6 is 0 Å². The summed E-state index contributed by atoms with van der Waals surface area (Å²) in [6, 6.07) is 16.8. The molecule has 8 heteroatoms. The molecule has 0 spiro atoms. The van der Waals surface area contributed by atoms with Gasteiger partial charge < -0.3 is 14.8 Å². The number of hydroxylamine groups is 1. The van der Waals surface area contributed by atoms with Gasteiger partial charge in [0.05, 0.1) is 12.5 Å². The number of carbonyl (C=O) groups excluding carboxylic acids is 1. The van der Waals surface area contributed by atoms with Crippen molar-refractivity contribution in [3.05, 3.63) is 60.8 Å². The number of likely N-dealkylation sites (tertiary alicyclic amines) is 1. The normalized spacial score (nSPS) is 20.7. The van der Waals surface area contributed by atoms with Gasteiger partial charge in [-0.3, -0.25) is 10.0 Å². The highest BCUT2D eigenvalue weighted by molar-refractivity contribution is 7.89. The summed E-state index contributed by atoms with van der Waals surface area (Å²) in [5.74, 6) is -0.837. The standard InChI is InChI=1S/C24H30N4O3S/c1-27-14-12-22(13-15-27)25-21-6-2-18(3-7-21)19-4-8-23(9-5-19)32(31)28-16-10-20(11-17-28)24(29)26-30/h2-10,16,20,22,25,30H,11-15,17H2,1H3,(H,26,29). The van der Waals surface area contributed by atoms with Gasteiger partial charge in [0.15, 0.2) is 4.90 Å². The van der Waals surface area contributed by atoms with E-state index in [0.29, 0.717) is 23.9 Å². The third-order valence-electron chi connectivity index (χ3n) is 6.17. The first-order chi connectivity index (χ1) is 15.5. The molecule has 2 heterocycles. The van der Waals surface area contributed by atoms with Gasteiger partial charge in [-0.15, -0.1) is 0 Å². The average Bonchev–Trinajstić information content (AvgIpc) is 2.85. The number of hydrogen-bond donors (Lipinski definition) is 3. The Balaban J connectivity index is 1.35. The number of carbonyl (C=O) groups is 1. The van der Waals surface area contributed by atoms with Crippen LogP contribution < -0.4 is 10.8 Å². The van der Waals surface area contributed by atoms with Crippen LogP contribution in [0.4, 0.5) is 5.69 Å². The highest BCUT2D eigenvalue weighted by atomic mass is 32.2. The molecule has 4 rings (SSSR count). The Bertz CT molecular complexity index is 927. The summed E-state index contributed by atoms with van der Waals surface area (Å²) >= 11 is -1.34. The summed E-state index contributed by atoms with van der Waals surface area (Å²) in [5, 5.41) is 12.4. The molecule has 2 unspecified atom stereocenters. The summed E-state index contributed by atoms with van der Waals surface area (Å²) in [6.07, 6.45) is 6.17. The van der Waals surface area contributed by atoms with Gasteiger partial charge >= 0.3 is 0 Å². The lowest BCUT2D eigenvalue weighted by Crippen LogP contribution is -2.36. The molecule has 2 atom stereocenters. The van der Waals surface area contributed by atoms with Crippen molar-refractivity contribution in [1.82, 2.24) is 14.7 Å². The monoisotopic (exact) mass is 454 g/mol. The summed E-state index contributed by atoms with van der Waals surface area (Å²) in [5.41, 5.74) is 5.00. The molecule has 2 aromatic carbocycles. The first-order valence-electron chi connectivity index (χ1n) is 11.0. The van der Waals surface area contributed by atoms with Crippen molar-refractivity contribution in [1.29, 1.82) is 0 Å². The Morgan fingerprint density at radius 2 is 1.62 bits per heavy atom. The zero-order valence-corrected chi connectivity index (χ0v) is 19.1. The van der Waals surface area contributed by atoms with Gasteiger partial charge in [-0.25, -0.2) is 5.48 Å². The van der Waals surface area contributed by atoms with E-state index >= 15 is 0 Å². The van der Waals surface area contributed by atoms with Crippen LogP contribution in [0.5, 0.6) is 0 Å². The van der Waals surface area contributed by atoms with Gasteiger partial charge in [0.25, 0.3) is 0 Å². The fourth-order valence-electron chi connectivity index (χ4n) is 4.12. The molecule has 2 aromatic rings. The van der Waals surface area contributed by atoms with Crippen LogP contribution in [0, 0.1) is 5.92 Å². The Hall–Kier alpha value is -2.52. The van der Waals surface area contributed by atoms with Gasteiger partial charge in [-0.2, -0.15) is 4.31 Å². The second kappa shape index (κ2) is 10.4. The van der Waals surface area contributed by atoms with Crippen LogP contribution in [0.15, 0.2) is 65.7 Å². The SMILES string of the molecule is CN1CCC(Nc2ccc(-c3ccc([S+]([O-])N4C=CC(C(=O)NO)CC4)cc3)cc2)CC1. The van der Waals surface area contributed by atoms with Crippen molar-refractivity contribution in [3.63, 3.8) is 0 Å². The zero-order chi connectivity index (χ0) is 22.5. The first kappa shape index (κ1) is 22.7. The molecule has 7 nitrogen and oxygen atoms in total. The molecule has 3 N–H and O–H groups in total. The molecule has 0 bridgehead atoms. The summed E-state index contributed by atoms with van der Waals surface area (Å²) < 4.78 is 14.6. The van der Waals surface area contributed by atoms with Gasteiger partial charge in [0.2, 0.25) is 5.91 Å². The minimum atomic E-state index is -1.34. The fraction of sp³-hybridized carbons (Fsp3) is 0.375. The summed E-state index contributed by atoms with van der Waals surface area (Å²) in [7, 11) is 2.17. The van der Waals surface area contributed by atoms with Crippen molar-refractivity contribution in [3.8, 4) is 11.1 Å². The molecule has 2 aliphatic heterocycles. The van der Waals surface area contributed by atoms with Crippen LogP contribution in [0.25, 0.3) is 11.1 Å². The van der Waals surface area contributed by atoms with E-state index in [-0.39, 0.29) is 0 Å². The molecule has 1 saturated heterocycles. The highest BCUT2D eigenvalue weighted by Gasteiger charge is 2.26. The lowest BCUT2D eigenvalue weighted by Gasteiger charge is -2.30.